The van der Waals surface area contributed by atoms with Gasteiger partial charge in [-0.25, -0.2) is 15.0 Å². The topological polar surface area (TPSA) is 63.4 Å². The summed E-state index contributed by atoms with van der Waals surface area (Å²) in [7, 11) is 0. The molecule has 0 radical (unpaired) electrons. The average Bonchev–Trinajstić information content (AvgIpc) is 3.25. The van der Waals surface area contributed by atoms with E-state index in [1.54, 1.807) is 12.4 Å². The number of rotatable bonds is 3. The Morgan fingerprint density at radius 1 is 0.931 bits per heavy atom. The predicted octanol–water partition coefficient (Wildman–Crippen LogP) is 3.35. The molecule has 1 amide bonds. The standard InChI is InChI=1S/C23H21N5O/c29-22(18-14-24-17-25-15-18)27-12-9-23(10-13-27,19-6-2-1-3-7-19)20-16-28-11-5-4-8-21(28)26-20/h1-8,11,14-17H,9-10,12-13H2. The predicted molar refractivity (Wildman–Crippen MR) is 110 cm³/mol. The maximum atomic E-state index is 12.9. The minimum Gasteiger partial charge on any atom is -0.338 e. The van der Waals surface area contributed by atoms with Crippen LogP contribution < -0.4 is 0 Å². The molecule has 0 unspecified atom stereocenters. The summed E-state index contributed by atoms with van der Waals surface area (Å²) in [5.74, 6) is -0.0118. The smallest absolute Gasteiger partial charge is 0.256 e. The number of piperidine rings is 1. The number of nitrogens with zero attached hydrogens (tertiary/aromatic N) is 5. The first-order valence-corrected chi connectivity index (χ1v) is 9.80. The number of hydrogen-bond acceptors (Lipinski definition) is 4. The van der Waals surface area contributed by atoms with E-state index in [-0.39, 0.29) is 11.3 Å². The van der Waals surface area contributed by atoms with Crippen LogP contribution in [0.4, 0.5) is 0 Å². The molecule has 6 nitrogen and oxygen atoms in total. The van der Waals surface area contributed by atoms with E-state index in [0.29, 0.717) is 18.7 Å². The number of imidazole rings is 1. The Labute approximate surface area is 168 Å². The first kappa shape index (κ1) is 17.6. The van der Waals surface area contributed by atoms with Crippen LogP contribution >= 0.6 is 0 Å². The van der Waals surface area contributed by atoms with E-state index >= 15 is 0 Å². The zero-order valence-corrected chi connectivity index (χ0v) is 16.0. The second-order valence-corrected chi connectivity index (χ2v) is 7.46. The summed E-state index contributed by atoms with van der Waals surface area (Å²) >= 11 is 0. The Kier molecular flexibility index (Phi) is 4.31. The normalized spacial score (nSPS) is 16.1. The fourth-order valence-electron chi connectivity index (χ4n) is 4.30. The van der Waals surface area contributed by atoms with E-state index in [2.05, 4.69) is 44.8 Å². The third-order valence-corrected chi connectivity index (χ3v) is 5.89. The van der Waals surface area contributed by atoms with Gasteiger partial charge in [0.1, 0.15) is 12.0 Å². The second kappa shape index (κ2) is 7.13. The van der Waals surface area contributed by atoms with Crippen LogP contribution in [0.5, 0.6) is 0 Å². The zero-order valence-electron chi connectivity index (χ0n) is 16.0. The van der Waals surface area contributed by atoms with Crippen molar-refractivity contribution in [3.8, 4) is 0 Å². The molecule has 144 valence electrons. The Morgan fingerprint density at radius 3 is 2.38 bits per heavy atom. The molecule has 0 bridgehead atoms. The van der Waals surface area contributed by atoms with Crippen molar-refractivity contribution in [2.75, 3.05) is 13.1 Å². The largest absolute Gasteiger partial charge is 0.338 e. The molecule has 0 atom stereocenters. The van der Waals surface area contributed by atoms with Gasteiger partial charge in [0, 0.05) is 43.3 Å². The van der Waals surface area contributed by atoms with E-state index in [1.165, 1.54) is 11.9 Å². The number of benzene rings is 1. The van der Waals surface area contributed by atoms with Crippen molar-refractivity contribution in [1.29, 1.82) is 0 Å². The first-order chi connectivity index (χ1) is 14.3. The molecule has 1 saturated heterocycles. The molecule has 29 heavy (non-hydrogen) atoms. The summed E-state index contributed by atoms with van der Waals surface area (Å²) in [6.45, 7) is 1.33. The molecule has 0 saturated carbocycles. The SMILES string of the molecule is O=C(c1cncnc1)N1CCC(c2ccccc2)(c2cn3ccccc3n2)CC1. The fourth-order valence-corrected chi connectivity index (χ4v) is 4.30. The van der Waals surface area contributed by atoms with Crippen molar-refractivity contribution in [2.24, 2.45) is 0 Å². The number of carbonyl (C=O) groups is 1. The molecule has 6 heteroatoms. The Bertz CT molecular complexity index is 1100. The van der Waals surface area contributed by atoms with Gasteiger partial charge in [-0.1, -0.05) is 36.4 Å². The number of pyridine rings is 1. The van der Waals surface area contributed by atoms with E-state index in [0.717, 1.165) is 24.2 Å². The molecule has 0 spiro atoms. The molecule has 4 heterocycles. The highest BCUT2D eigenvalue weighted by Gasteiger charge is 2.41. The molecular formula is C23H21N5O. The van der Waals surface area contributed by atoms with Gasteiger partial charge in [0.15, 0.2) is 0 Å². The van der Waals surface area contributed by atoms with Crippen molar-refractivity contribution < 1.29 is 4.79 Å². The van der Waals surface area contributed by atoms with Crippen molar-refractivity contribution in [3.05, 3.63) is 96.5 Å². The van der Waals surface area contributed by atoms with Crippen molar-refractivity contribution in [3.63, 3.8) is 0 Å². The lowest BCUT2D eigenvalue weighted by Gasteiger charge is -2.41. The second-order valence-electron chi connectivity index (χ2n) is 7.46. The van der Waals surface area contributed by atoms with E-state index in [4.69, 9.17) is 4.98 Å². The molecule has 1 aliphatic rings. The lowest BCUT2D eigenvalue weighted by molar-refractivity contribution is 0.0683. The highest BCUT2D eigenvalue weighted by Crippen LogP contribution is 2.41. The van der Waals surface area contributed by atoms with Crippen LogP contribution in [-0.4, -0.2) is 43.2 Å². The molecule has 1 fully saturated rings. The molecule has 1 aromatic carbocycles. The van der Waals surface area contributed by atoms with Gasteiger partial charge < -0.3 is 9.30 Å². The summed E-state index contributed by atoms with van der Waals surface area (Å²) in [6, 6.07) is 16.6. The highest BCUT2D eigenvalue weighted by atomic mass is 16.2. The molecule has 3 aromatic heterocycles. The van der Waals surface area contributed by atoms with E-state index in [1.807, 2.05) is 35.4 Å². The van der Waals surface area contributed by atoms with Gasteiger partial charge >= 0.3 is 0 Å². The highest BCUT2D eigenvalue weighted by molar-refractivity contribution is 5.93. The minimum atomic E-state index is -0.211. The number of likely N-dealkylation sites (tertiary alicyclic amines) is 1. The molecule has 4 aromatic rings. The Morgan fingerprint density at radius 2 is 1.66 bits per heavy atom. The Hall–Kier alpha value is -3.54. The van der Waals surface area contributed by atoms with Crippen LogP contribution in [0.3, 0.4) is 0 Å². The number of carbonyl (C=O) groups excluding carboxylic acids is 1. The summed E-state index contributed by atoms with van der Waals surface area (Å²) < 4.78 is 2.07. The van der Waals surface area contributed by atoms with Crippen LogP contribution in [0.15, 0.2) is 79.6 Å². The fraction of sp³-hybridized carbons (Fsp3) is 0.217. The van der Waals surface area contributed by atoms with Gasteiger partial charge in [0.2, 0.25) is 0 Å². The van der Waals surface area contributed by atoms with Crippen molar-refractivity contribution in [2.45, 2.75) is 18.3 Å². The molecule has 1 aliphatic heterocycles. The van der Waals surface area contributed by atoms with E-state index in [9.17, 15) is 4.79 Å². The summed E-state index contributed by atoms with van der Waals surface area (Å²) in [5, 5.41) is 0. The minimum absolute atomic E-state index is 0.0118. The number of aromatic nitrogens is 4. The van der Waals surface area contributed by atoms with Gasteiger partial charge in [0.25, 0.3) is 5.91 Å². The quantitative estimate of drug-likeness (QED) is 0.544. The molecule has 0 N–H and O–H groups in total. The third-order valence-electron chi connectivity index (χ3n) is 5.89. The van der Waals surface area contributed by atoms with Gasteiger partial charge in [-0.15, -0.1) is 0 Å². The number of amides is 1. The van der Waals surface area contributed by atoms with E-state index < -0.39 is 0 Å². The van der Waals surface area contributed by atoms with Crippen LogP contribution in [-0.2, 0) is 5.41 Å². The van der Waals surface area contributed by atoms with Crippen LogP contribution in [0.2, 0.25) is 0 Å². The van der Waals surface area contributed by atoms with Gasteiger partial charge in [-0.05, 0) is 30.5 Å². The Balaban J connectivity index is 1.50. The van der Waals surface area contributed by atoms with Crippen LogP contribution in [0.1, 0.15) is 34.5 Å². The zero-order chi connectivity index (χ0) is 19.7. The lowest BCUT2D eigenvalue weighted by Crippen LogP contribution is -2.46. The maximum Gasteiger partial charge on any atom is 0.256 e. The summed E-state index contributed by atoms with van der Waals surface area (Å²) in [5.41, 5.74) is 3.57. The van der Waals surface area contributed by atoms with Crippen molar-refractivity contribution in [1.82, 2.24) is 24.3 Å². The van der Waals surface area contributed by atoms with Crippen LogP contribution in [0, 0.1) is 0 Å². The first-order valence-electron chi connectivity index (χ1n) is 9.80. The van der Waals surface area contributed by atoms with Gasteiger partial charge in [-0.2, -0.15) is 0 Å². The lowest BCUT2D eigenvalue weighted by atomic mass is 9.70. The molecular weight excluding hydrogens is 362 g/mol. The number of fused-ring (bicyclic) bond motifs is 1. The van der Waals surface area contributed by atoms with Crippen LogP contribution in [0.25, 0.3) is 5.65 Å². The van der Waals surface area contributed by atoms with Crippen molar-refractivity contribution >= 4 is 11.6 Å². The summed E-state index contributed by atoms with van der Waals surface area (Å²) in [6.07, 6.45) is 10.4. The monoisotopic (exact) mass is 383 g/mol. The maximum absolute atomic E-state index is 12.9. The average molecular weight is 383 g/mol. The summed E-state index contributed by atoms with van der Waals surface area (Å²) in [4.78, 5) is 27.7. The van der Waals surface area contributed by atoms with Gasteiger partial charge in [0.05, 0.1) is 11.3 Å². The molecule has 5 rings (SSSR count). The number of hydrogen-bond donors (Lipinski definition) is 0. The molecule has 0 aliphatic carbocycles. The van der Waals surface area contributed by atoms with Gasteiger partial charge in [-0.3, -0.25) is 4.79 Å². The third kappa shape index (κ3) is 3.06.